The lowest BCUT2D eigenvalue weighted by atomic mass is 9.79. The van der Waals surface area contributed by atoms with Crippen molar-refractivity contribution in [1.82, 2.24) is 19.2 Å². The molecule has 3 aliphatic heterocycles. The normalized spacial score (nSPS) is 32.6. The predicted octanol–water partition coefficient (Wildman–Crippen LogP) is -1.45. The van der Waals surface area contributed by atoms with Crippen molar-refractivity contribution < 1.29 is 18.5 Å². The Morgan fingerprint density at radius 2 is 2.07 bits per heavy atom. The van der Waals surface area contributed by atoms with Gasteiger partial charge in [0, 0.05) is 44.3 Å². The van der Waals surface area contributed by atoms with Crippen molar-refractivity contribution in [2.24, 2.45) is 11.7 Å². The monoisotopic (exact) mass is 417 g/mol. The maximum atomic E-state index is 13.5. The minimum Gasteiger partial charge on any atom is -0.427 e. The molecule has 0 bridgehead atoms. The van der Waals surface area contributed by atoms with Crippen molar-refractivity contribution in [3.63, 3.8) is 0 Å². The molecule has 0 spiro atoms. The predicted molar refractivity (Wildman–Crippen MR) is 110 cm³/mol. The first-order valence-electron chi connectivity index (χ1n) is 10.6. The summed E-state index contributed by atoms with van der Waals surface area (Å²) in [6.45, 7) is 5.44. The first-order chi connectivity index (χ1) is 13.2. The van der Waals surface area contributed by atoms with Gasteiger partial charge in [0.1, 0.15) is 0 Å². The average molecular weight is 417 g/mol. The molecule has 1 unspecified atom stereocenters. The van der Waals surface area contributed by atoms with Crippen LogP contribution in [0.25, 0.3) is 0 Å². The number of hydrogen-bond donors (Lipinski definition) is 5. The highest BCUT2D eigenvalue weighted by atomic mass is 32.2. The Labute approximate surface area is 169 Å². The minimum atomic E-state index is -3.60. The van der Waals surface area contributed by atoms with Crippen LogP contribution in [0, 0.1) is 5.92 Å². The van der Waals surface area contributed by atoms with Crippen LogP contribution in [0.2, 0.25) is 6.32 Å². The molecule has 3 aliphatic rings. The number of nitrogens with two attached hydrogens (primary N) is 1. The van der Waals surface area contributed by atoms with Crippen molar-refractivity contribution >= 4 is 17.3 Å². The summed E-state index contributed by atoms with van der Waals surface area (Å²) in [6.07, 6.45) is 4.88. The van der Waals surface area contributed by atoms with Crippen LogP contribution >= 0.6 is 0 Å². The van der Waals surface area contributed by atoms with Crippen LogP contribution in [-0.2, 0) is 10.2 Å². The lowest BCUT2D eigenvalue weighted by Crippen LogP contribution is -2.63. The molecule has 0 aromatic rings. The molecule has 0 aromatic heterocycles. The maximum Gasteiger partial charge on any atom is 0.451 e. The number of nitrogens with one attached hydrogen (secondary N) is 2. The summed E-state index contributed by atoms with van der Waals surface area (Å²) in [4.78, 5) is 0. The van der Waals surface area contributed by atoms with Crippen LogP contribution in [0.15, 0.2) is 0 Å². The van der Waals surface area contributed by atoms with Gasteiger partial charge < -0.3 is 26.4 Å². The fourth-order valence-corrected chi connectivity index (χ4v) is 6.53. The second-order valence-electron chi connectivity index (χ2n) is 8.94. The quantitative estimate of drug-likeness (QED) is 0.290. The van der Waals surface area contributed by atoms with Gasteiger partial charge in [0.05, 0.1) is 6.04 Å². The average Bonchev–Trinajstić information content (AvgIpc) is 2.89. The Kier molecular flexibility index (Phi) is 7.41. The lowest BCUT2D eigenvalue weighted by molar-refractivity contribution is 0.200. The van der Waals surface area contributed by atoms with Crippen LogP contribution in [0.5, 0.6) is 0 Å². The second kappa shape index (κ2) is 9.26. The topological polar surface area (TPSA) is 131 Å². The summed E-state index contributed by atoms with van der Waals surface area (Å²) in [7, 11) is -4.92. The molecular formula is C17H36BN5O4S. The van der Waals surface area contributed by atoms with E-state index in [9.17, 15) is 8.42 Å². The molecule has 28 heavy (non-hydrogen) atoms. The zero-order valence-electron chi connectivity index (χ0n) is 16.9. The van der Waals surface area contributed by atoms with Crippen LogP contribution in [0.4, 0.5) is 0 Å². The number of hydrogen-bond acceptors (Lipinski definition) is 7. The fraction of sp³-hybridized carbons (Fsp3) is 1.00. The molecule has 3 fully saturated rings. The minimum absolute atomic E-state index is 0.00124. The molecule has 11 heteroatoms. The summed E-state index contributed by atoms with van der Waals surface area (Å²) in [5.74, 6) is 0.00944. The molecule has 162 valence electrons. The van der Waals surface area contributed by atoms with E-state index in [0.29, 0.717) is 45.6 Å². The molecule has 9 nitrogen and oxygen atoms in total. The molecule has 6 N–H and O–H groups in total. The van der Waals surface area contributed by atoms with Gasteiger partial charge in [-0.25, -0.2) is 0 Å². The second-order valence-corrected chi connectivity index (χ2v) is 10.8. The van der Waals surface area contributed by atoms with Gasteiger partial charge in [-0.05, 0) is 45.0 Å². The van der Waals surface area contributed by atoms with Gasteiger partial charge in [0.15, 0.2) is 0 Å². The summed E-state index contributed by atoms with van der Waals surface area (Å²) in [5.41, 5.74) is 5.85. The summed E-state index contributed by atoms with van der Waals surface area (Å²) in [6, 6.07) is 0.208. The van der Waals surface area contributed by atoms with Crippen LogP contribution < -0.4 is 16.4 Å². The summed E-state index contributed by atoms with van der Waals surface area (Å²) >= 11 is 0. The first-order valence-corrected chi connectivity index (χ1v) is 12.0. The van der Waals surface area contributed by atoms with Gasteiger partial charge in [-0.2, -0.15) is 17.0 Å². The molecular weight excluding hydrogens is 381 g/mol. The molecule has 0 amide bonds. The van der Waals surface area contributed by atoms with E-state index in [-0.39, 0.29) is 24.3 Å². The highest BCUT2D eigenvalue weighted by Crippen LogP contribution is 2.33. The van der Waals surface area contributed by atoms with Crippen molar-refractivity contribution in [3.8, 4) is 0 Å². The number of piperidine rings is 1. The zero-order chi connectivity index (χ0) is 20.4. The zero-order valence-corrected chi connectivity index (χ0v) is 17.7. The molecule has 0 aromatic carbocycles. The van der Waals surface area contributed by atoms with Crippen LogP contribution in [-0.4, -0.2) is 91.1 Å². The number of rotatable bonds is 9. The lowest BCUT2D eigenvalue weighted by Gasteiger charge is -2.41. The SMILES string of the molecule is C[C@]1(N)CN(S(=O)(=O)N(CC2CCCCN2)C2CNC2)C[C@@H]1CCCB(O)O. The smallest absolute Gasteiger partial charge is 0.427 e. The van der Waals surface area contributed by atoms with E-state index in [1.165, 1.54) is 0 Å². The molecule has 3 atom stereocenters. The van der Waals surface area contributed by atoms with E-state index < -0.39 is 22.9 Å². The van der Waals surface area contributed by atoms with Gasteiger partial charge in [-0.15, -0.1) is 0 Å². The Balaban J connectivity index is 1.68. The molecule has 0 radical (unpaired) electrons. The Bertz CT molecular complexity index is 611. The van der Waals surface area contributed by atoms with Crippen molar-refractivity contribution in [2.45, 2.75) is 63.0 Å². The van der Waals surface area contributed by atoms with Crippen molar-refractivity contribution in [1.29, 1.82) is 0 Å². The molecule has 3 heterocycles. The van der Waals surface area contributed by atoms with Gasteiger partial charge in [0.2, 0.25) is 0 Å². The van der Waals surface area contributed by atoms with Gasteiger partial charge >= 0.3 is 7.12 Å². The van der Waals surface area contributed by atoms with E-state index in [0.717, 1.165) is 25.8 Å². The number of nitrogens with zero attached hydrogens (tertiary/aromatic N) is 2. The Morgan fingerprint density at radius 3 is 2.64 bits per heavy atom. The largest absolute Gasteiger partial charge is 0.451 e. The summed E-state index contributed by atoms with van der Waals surface area (Å²) in [5, 5.41) is 24.8. The van der Waals surface area contributed by atoms with Crippen LogP contribution in [0.3, 0.4) is 0 Å². The molecule has 0 saturated carbocycles. The highest BCUT2D eigenvalue weighted by Gasteiger charge is 2.48. The van der Waals surface area contributed by atoms with Gasteiger partial charge in [0.25, 0.3) is 10.2 Å². The Hall–Kier alpha value is -0.265. The van der Waals surface area contributed by atoms with E-state index in [1.807, 2.05) is 6.92 Å². The first kappa shape index (κ1) is 22.4. The van der Waals surface area contributed by atoms with E-state index in [1.54, 1.807) is 8.61 Å². The van der Waals surface area contributed by atoms with E-state index in [2.05, 4.69) is 10.6 Å². The van der Waals surface area contributed by atoms with Gasteiger partial charge in [-0.1, -0.05) is 12.8 Å². The molecule has 3 saturated heterocycles. The van der Waals surface area contributed by atoms with Crippen molar-refractivity contribution in [2.75, 3.05) is 39.3 Å². The fourth-order valence-electron chi connectivity index (χ4n) is 4.53. The third-order valence-corrected chi connectivity index (χ3v) is 8.46. The van der Waals surface area contributed by atoms with E-state index in [4.69, 9.17) is 15.8 Å². The molecule has 3 rings (SSSR count). The summed E-state index contributed by atoms with van der Waals surface area (Å²) < 4.78 is 30.3. The molecule has 0 aliphatic carbocycles. The third kappa shape index (κ3) is 5.26. The van der Waals surface area contributed by atoms with Crippen molar-refractivity contribution in [3.05, 3.63) is 0 Å². The maximum absolute atomic E-state index is 13.5. The standard InChI is InChI=1S/C17H36BN5O4S/c1-17(19)13-22(11-14(17)5-4-7-18(24)25)28(26,27)23(16-9-20-10-16)12-15-6-2-3-8-21-15/h14-16,20-21,24-25H,2-13,19H2,1H3/t14-,15?,17-/m0/s1. The highest BCUT2D eigenvalue weighted by molar-refractivity contribution is 7.86. The van der Waals surface area contributed by atoms with Crippen LogP contribution in [0.1, 0.15) is 39.0 Å². The van der Waals surface area contributed by atoms with Gasteiger partial charge in [-0.3, -0.25) is 0 Å². The Morgan fingerprint density at radius 1 is 1.32 bits per heavy atom. The van der Waals surface area contributed by atoms with E-state index >= 15 is 0 Å². The third-order valence-electron chi connectivity index (χ3n) is 6.49.